The summed E-state index contributed by atoms with van der Waals surface area (Å²) >= 11 is 0. The Morgan fingerprint density at radius 1 is 0.783 bits per heavy atom. The van der Waals surface area contributed by atoms with Crippen LogP contribution in [0.15, 0.2) is 36.4 Å². The molecule has 0 heterocycles. The summed E-state index contributed by atoms with van der Waals surface area (Å²) in [6, 6.07) is 10.6. The third kappa shape index (κ3) is 2.11. The van der Waals surface area contributed by atoms with Crippen molar-refractivity contribution in [1.82, 2.24) is 0 Å². The van der Waals surface area contributed by atoms with Crippen LogP contribution in [0.5, 0.6) is 0 Å². The fraction of sp³-hybridized carbons (Fsp3) is 0.300. The van der Waals surface area contributed by atoms with Crippen LogP contribution in [0.3, 0.4) is 0 Å². The number of nitrogens with two attached hydrogens (primary N) is 1. The fourth-order valence-corrected chi connectivity index (χ4v) is 4.06. The number of carbonyl (C=O) groups excluding carboxylic acids is 2. The first kappa shape index (κ1) is 14.2. The van der Waals surface area contributed by atoms with Crippen LogP contribution in [0.4, 0.5) is 5.69 Å². The Morgan fingerprint density at radius 3 is 2.13 bits per heavy atom. The van der Waals surface area contributed by atoms with E-state index in [0.29, 0.717) is 33.9 Å². The van der Waals surface area contributed by atoms with E-state index in [9.17, 15) is 9.59 Å². The Bertz CT molecular complexity index is 816. The highest BCUT2D eigenvalue weighted by Crippen LogP contribution is 2.41. The summed E-state index contributed by atoms with van der Waals surface area (Å²) in [5, 5.41) is 0. The molecular weight excluding hydrogens is 286 g/mol. The average molecular weight is 305 g/mol. The van der Waals surface area contributed by atoms with E-state index in [1.54, 1.807) is 30.3 Å². The van der Waals surface area contributed by atoms with Crippen molar-refractivity contribution < 1.29 is 9.59 Å². The predicted molar refractivity (Wildman–Crippen MR) is 90.0 cm³/mol. The van der Waals surface area contributed by atoms with E-state index in [1.165, 1.54) is 6.42 Å². The molecule has 0 aliphatic heterocycles. The van der Waals surface area contributed by atoms with Gasteiger partial charge in [0.05, 0.1) is 0 Å². The Hall–Kier alpha value is -2.42. The van der Waals surface area contributed by atoms with E-state index in [-0.39, 0.29) is 11.6 Å². The van der Waals surface area contributed by atoms with Gasteiger partial charge in [-0.15, -0.1) is 0 Å². The third-order valence-corrected chi connectivity index (χ3v) is 5.18. The number of hydrogen-bond acceptors (Lipinski definition) is 3. The minimum absolute atomic E-state index is 0.0527. The van der Waals surface area contributed by atoms with Gasteiger partial charge >= 0.3 is 0 Å². The van der Waals surface area contributed by atoms with Crippen molar-refractivity contribution in [2.45, 2.75) is 38.0 Å². The number of anilines is 1. The van der Waals surface area contributed by atoms with Crippen molar-refractivity contribution in [3.8, 4) is 0 Å². The zero-order valence-electron chi connectivity index (χ0n) is 13.0. The van der Waals surface area contributed by atoms with Crippen LogP contribution in [0.2, 0.25) is 0 Å². The molecule has 1 fully saturated rings. The second-order valence-electron chi connectivity index (χ2n) is 6.53. The zero-order valence-corrected chi connectivity index (χ0v) is 13.0. The molecule has 2 aromatic rings. The summed E-state index contributed by atoms with van der Waals surface area (Å²) in [4.78, 5) is 25.9. The molecule has 1 saturated carbocycles. The number of fused-ring (bicyclic) bond motifs is 2. The first-order chi connectivity index (χ1) is 11.2. The first-order valence-corrected chi connectivity index (χ1v) is 8.29. The van der Waals surface area contributed by atoms with Gasteiger partial charge in [-0.2, -0.15) is 0 Å². The maximum atomic E-state index is 13.1. The van der Waals surface area contributed by atoms with Crippen LogP contribution >= 0.6 is 0 Å². The molecule has 2 aliphatic rings. The summed E-state index contributed by atoms with van der Waals surface area (Å²) in [7, 11) is 0. The number of ketones is 2. The fourth-order valence-electron chi connectivity index (χ4n) is 4.06. The Kier molecular flexibility index (Phi) is 3.29. The van der Waals surface area contributed by atoms with E-state index in [2.05, 4.69) is 0 Å². The average Bonchev–Trinajstić information content (AvgIpc) is 2.60. The van der Waals surface area contributed by atoms with E-state index in [4.69, 9.17) is 5.73 Å². The van der Waals surface area contributed by atoms with Crippen LogP contribution < -0.4 is 5.73 Å². The van der Waals surface area contributed by atoms with Gasteiger partial charge in [-0.05, 0) is 36.5 Å². The standard InChI is InChI=1S/C20H19NO2/c21-16-11-10-15-18(17(16)12-6-2-1-3-7-12)20(23)14-9-5-4-8-13(14)19(15)22/h4-5,8-12H,1-3,6-7,21H2. The molecule has 3 heteroatoms. The Labute approximate surface area is 135 Å². The molecule has 0 atom stereocenters. The highest BCUT2D eigenvalue weighted by Gasteiger charge is 2.34. The Balaban J connectivity index is 1.94. The number of rotatable bonds is 1. The van der Waals surface area contributed by atoms with Crippen LogP contribution in [0.25, 0.3) is 0 Å². The highest BCUT2D eigenvalue weighted by molar-refractivity contribution is 6.29. The molecule has 116 valence electrons. The van der Waals surface area contributed by atoms with Gasteiger partial charge < -0.3 is 5.73 Å². The molecule has 0 aromatic heterocycles. The van der Waals surface area contributed by atoms with Gasteiger partial charge in [0.2, 0.25) is 0 Å². The summed E-state index contributed by atoms with van der Waals surface area (Å²) in [6.45, 7) is 0. The second kappa shape index (κ2) is 5.34. The molecule has 0 amide bonds. The predicted octanol–water partition coefficient (Wildman–Crippen LogP) is 4.09. The molecule has 3 nitrogen and oxygen atoms in total. The molecule has 0 unspecified atom stereocenters. The van der Waals surface area contributed by atoms with Crippen molar-refractivity contribution >= 4 is 17.3 Å². The molecule has 0 saturated heterocycles. The van der Waals surface area contributed by atoms with Gasteiger partial charge in [0.15, 0.2) is 11.6 Å². The summed E-state index contributed by atoms with van der Waals surface area (Å²) < 4.78 is 0. The number of hydrogen-bond donors (Lipinski definition) is 1. The van der Waals surface area contributed by atoms with E-state index in [0.717, 1.165) is 31.2 Å². The van der Waals surface area contributed by atoms with Crippen LogP contribution in [0, 0.1) is 0 Å². The lowest BCUT2D eigenvalue weighted by molar-refractivity contribution is 0.0978. The summed E-state index contributed by atoms with van der Waals surface area (Å²) in [5.74, 6) is 0.177. The zero-order chi connectivity index (χ0) is 16.0. The molecule has 4 rings (SSSR count). The van der Waals surface area contributed by atoms with Crippen LogP contribution in [-0.2, 0) is 0 Å². The largest absolute Gasteiger partial charge is 0.398 e. The minimum atomic E-state index is -0.0627. The molecule has 0 bridgehead atoms. The lowest BCUT2D eigenvalue weighted by Crippen LogP contribution is -2.24. The summed E-state index contributed by atoms with van der Waals surface area (Å²) in [5.41, 5.74) is 9.89. The maximum Gasteiger partial charge on any atom is 0.194 e. The number of nitrogen functional groups attached to an aromatic ring is 1. The molecule has 2 N–H and O–H groups in total. The van der Waals surface area contributed by atoms with Crippen molar-refractivity contribution in [2.75, 3.05) is 5.73 Å². The lowest BCUT2D eigenvalue weighted by Gasteiger charge is -2.28. The van der Waals surface area contributed by atoms with Crippen molar-refractivity contribution in [3.63, 3.8) is 0 Å². The molecule has 23 heavy (non-hydrogen) atoms. The quantitative estimate of drug-likeness (QED) is 0.689. The van der Waals surface area contributed by atoms with E-state index >= 15 is 0 Å². The Morgan fingerprint density at radius 2 is 1.43 bits per heavy atom. The molecule has 0 spiro atoms. The van der Waals surface area contributed by atoms with Crippen molar-refractivity contribution in [3.05, 3.63) is 64.2 Å². The van der Waals surface area contributed by atoms with Crippen LogP contribution in [0.1, 0.15) is 75.4 Å². The molecule has 2 aliphatic carbocycles. The van der Waals surface area contributed by atoms with Gasteiger partial charge in [0.25, 0.3) is 0 Å². The van der Waals surface area contributed by atoms with Crippen molar-refractivity contribution in [1.29, 1.82) is 0 Å². The normalized spacial score (nSPS) is 17.7. The van der Waals surface area contributed by atoms with Gasteiger partial charge in [0, 0.05) is 27.9 Å². The summed E-state index contributed by atoms with van der Waals surface area (Å²) in [6.07, 6.45) is 5.65. The van der Waals surface area contributed by atoms with Crippen molar-refractivity contribution in [2.24, 2.45) is 0 Å². The van der Waals surface area contributed by atoms with Crippen LogP contribution in [-0.4, -0.2) is 11.6 Å². The topological polar surface area (TPSA) is 60.2 Å². The monoisotopic (exact) mass is 305 g/mol. The maximum absolute atomic E-state index is 13.1. The molecule has 2 aromatic carbocycles. The van der Waals surface area contributed by atoms with Gasteiger partial charge in [0.1, 0.15) is 0 Å². The first-order valence-electron chi connectivity index (χ1n) is 8.29. The smallest absolute Gasteiger partial charge is 0.194 e. The number of benzene rings is 2. The number of carbonyl (C=O) groups is 2. The van der Waals surface area contributed by atoms with Gasteiger partial charge in [-0.1, -0.05) is 43.5 Å². The highest BCUT2D eigenvalue weighted by atomic mass is 16.1. The third-order valence-electron chi connectivity index (χ3n) is 5.18. The molecule has 0 radical (unpaired) electrons. The second-order valence-corrected chi connectivity index (χ2v) is 6.53. The van der Waals surface area contributed by atoms with Gasteiger partial charge in [-0.3, -0.25) is 9.59 Å². The van der Waals surface area contributed by atoms with E-state index in [1.807, 2.05) is 6.07 Å². The lowest BCUT2D eigenvalue weighted by atomic mass is 9.75. The van der Waals surface area contributed by atoms with Gasteiger partial charge in [-0.25, -0.2) is 0 Å². The minimum Gasteiger partial charge on any atom is -0.398 e. The SMILES string of the molecule is Nc1ccc2c(c1C1CCCCC1)C(=O)c1ccccc1C2=O. The molecular formula is C20H19NO2. The van der Waals surface area contributed by atoms with E-state index < -0.39 is 0 Å².